The summed E-state index contributed by atoms with van der Waals surface area (Å²) in [6.45, 7) is 3.11. The molecule has 0 saturated heterocycles. The second-order valence-electron chi connectivity index (χ2n) is 4.90. The monoisotopic (exact) mass is 229 g/mol. The Bertz CT molecular complexity index is 554. The van der Waals surface area contributed by atoms with E-state index in [9.17, 15) is 0 Å². The third-order valence-corrected chi connectivity index (χ3v) is 3.65. The standard InChI is InChI=1S/C15H19NO/c1-3-5-11-10-16(2)13-7-8-14-12(15(11)13)6-4-9-17-14/h7-8,10H,3-6,9H2,1-2H3. The van der Waals surface area contributed by atoms with Gasteiger partial charge in [0.2, 0.25) is 0 Å². The van der Waals surface area contributed by atoms with Gasteiger partial charge in [0.05, 0.1) is 6.61 Å². The van der Waals surface area contributed by atoms with E-state index in [-0.39, 0.29) is 0 Å². The summed E-state index contributed by atoms with van der Waals surface area (Å²) in [6.07, 6.45) is 6.94. The molecule has 3 rings (SSSR count). The van der Waals surface area contributed by atoms with Crippen molar-refractivity contribution in [2.45, 2.75) is 32.6 Å². The van der Waals surface area contributed by atoms with Crippen LogP contribution in [-0.2, 0) is 19.9 Å². The highest BCUT2D eigenvalue weighted by Crippen LogP contribution is 2.35. The van der Waals surface area contributed by atoms with Gasteiger partial charge in [-0.25, -0.2) is 0 Å². The van der Waals surface area contributed by atoms with Gasteiger partial charge >= 0.3 is 0 Å². The summed E-state index contributed by atoms with van der Waals surface area (Å²) in [5.74, 6) is 1.10. The van der Waals surface area contributed by atoms with E-state index in [0.29, 0.717) is 0 Å². The maximum atomic E-state index is 5.76. The number of nitrogens with zero attached hydrogens (tertiary/aromatic N) is 1. The van der Waals surface area contributed by atoms with Crippen LogP contribution in [0.4, 0.5) is 0 Å². The number of benzene rings is 1. The smallest absolute Gasteiger partial charge is 0.123 e. The number of aromatic nitrogens is 1. The lowest BCUT2D eigenvalue weighted by molar-refractivity contribution is 0.289. The highest BCUT2D eigenvalue weighted by Gasteiger charge is 2.17. The third-order valence-electron chi connectivity index (χ3n) is 3.65. The molecule has 0 unspecified atom stereocenters. The number of hydrogen-bond acceptors (Lipinski definition) is 1. The lowest BCUT2D eigenvalue weighted by atomic mass is 9.98. The third kappa shape index (κ3) is 1.63. The fraction of sp³-hybridized carbons (Fsp3) is 0.467. The molecule has 2 nitrogen and oxygen atoms in total. The second-order valence-corrected chi connectivity index (χ2v) is 4.90. The fourth-order valence-corrected chi connectivity index (χ4v) is 2.91. The lowest BCUT2D eigenvalue weighted by Crippen LogP contribution is -2.08. The minimum atomic E-state index is 0.869. The van der Waals surface area contributed by atoms with Crippen molar-refractivity contribution in [3.05, 3.63) is 29.5 Å². The van der Waals surface area contributed by atoms with E-state index in [1.165, 1.54) is 28.5 Å². The molecule has 2 heteroatoms. The van der Waals surface area contributed by atoms with Crippen molar-refractivity contribution in [2.75, 3.05) is 6.61 Å². The summed E-state index contributed by atoms with van der Waals surface area (Å²) >= 11 is 0. The van der Waals surface area contributed by atoms with Gasteiger partial charge < -0.3 is 9.30 Å². The first kappa shape index (κ1) is 10.7. The van der Waals surface area contributed by atoms with Gasteiger partial charge in [-0.3, -0.25) is 0 Å². The van der Waals surface area contributed by atoms with Gasteiger partial charge in [0.25, 0.3) is 0 Å². The van der Waals surface area contributed by atoms with Crippen molar-refractivity contribution >= 4 is 10.9 Å². The number of rotatable bonds is 2. The Balaban J connectivity index is 2.28. The SMILES string of the molecule is CCCc1cn(C)c2ccc3c(c12)CCCO3. The molecule has 1 aromatic heterocycles. The Labute approximate surface area is 102 Å². The van der Waals surface area contributed by atoms with Gasteiger partial charge in [-0.2, -0.15) is 0 Å². The number of fused-ring (bicyclic) bond motifs is 3. The molecule has 2 heterocycles. The Kier molecular flexibility index (Phi) is 2.58. The van der Waals surface area contributed by atoms with Crippen LogP contribution in [0.2, 0.25) is 0 Å². The highest BCUT2D eigenvalue weighted by molar-refractivity contribution is 5.89. The van der Waals surface area contributed by atoms with E-state index in [4.69, 9.17) is 4.74 Å². The fourth-order valence-electron chi connectivity index (χ4n) is 2.91. The summed E-state index contributed by atoms with van der Waals surface area (Å²) < 4.78 is 8.01. The van der Waals surface area contributed by atoms with E-state index in [2.05, 4.69) is 36.9 Å². The first-order valence-electron chi connectivity index (χ1n) is 6.54. The van der Waals surface area contributed by atoms with Crippen molar-refractivity contribution in [1.29, 1.82) is 0 Å². The Morgan fingerprint density at radius 3 is 3.06 bits per heavy atom. The Morgan fingerprint density at radius 2 is 2.24 bits per heavy atom. The molecule has 0 saturated carbocycles. The van der Waals surface area contributed by atoms with Crippen molar-refractivity contribution < 1.29 is 4.74 Å². The number of aryl methyl sites for hydroxylation is 3. The Hall–Kier alpha value is -1.44. The molecule has 0 amide bonds. The minimum Gasteiger partial charge on any atom is -0.493 e. The van der Waals surface area contributed by atoms with E-state index in [1.54, 1.807) is 0 Å². The molecule has 0 atom stereocenters. The Morgan fingerprint density at radius 1 is 1.35 bits per heavy atom. The van der Waals surface area contributed by atoms with Crippen LogP contribution in [0.3, 0.4) is 0 Å². The summed E-state index contributed by atoms with van der Waals surface area (Å²) in [4.78, 5) is 0. The minimum absolute atomic E-state index is 0.869. The molecule has 0 N–H and O–H groups in total. The maximum Gasteiger partial charge on any atom is 0.123 e. The van der Waals surface area contributed by atoms with Crippen LogP contribution in [0.15, 0.2) is 18.3 Å². The van der Waals surface area contributed by atoms with Crippen LogP contribution < -0.4 is 4.74 Å². The zero-order chi connectivity index (χ0) is 11.8. The first-order valence-corrected chi connectivity index (χ1v) is 6.54. The topological polar surface area (TPSA) is 14.2 Å². The molecule has 90 valence electrons. The largest absolute Gasteiger partial charge is 0.493 e. The average molecular weight is 229 g/mol. The van der Waals surface area contributed by atoms with E-state index in [0.717, 1.165) is 31.6 Å². The van der Waals surface area contributed by atoms with Gasteiger partial charge in [0, 0.05) is 29.7 Å². The molecule has 1 aliphatic heterocycles. The molecule has 0 fully saturated rings. The van der Waals surface area contributed by atoms with Crippen molar-refractivity contribution in [1.82, 2.24) is 4.57 Å². The van der Waals surface area contributed by atoms with E-state index >= 15 is 0 Å². The van der Waals surface area contributed by atoms with Crippen LogP contribution >= 0.6 is 0 Å². The summed E-state index contributed by atoms with van der Waals surface area (Å²) in [5, 5.41) is 1.45. The molecule has 0 spiro atoms. The summed E-state index contributed by atoms with van der Waals surface area (Å²) in [5.41, 5.74) is 4.25. The van der Waals surface area contributed by atoms with Gasteiger partial charge in [-0.15, -0.1) is 0 Å². The van der Waals surface area contributed by atoms with Crippen LogP contribution in [0.1, 0.15) is 30.9 Å². The summed E-state index contributed by atoms with van der Waals surface area (Å²) in [7, 11) is 2.14. The van der Waals surface area contributed by atoms with Crippen LogP contribution in [0.5, 0.6) is 5.75 Å². The predicted octanol–water partition coefficient (Wildman–Crippen LogP) is 3.46. The molecule has 2 aromatic rings. The zero-order valence-corrected chi connectivity index (χ0v) is 10.6. The molecular weight excluding hydrogens is 210 g/mol. The summed E-state index contributed by atoms with van der Waals surface area (Å²) in [6, 6.07) is 4.32. The quantitative estimate of drug-likeness (QED) is 0.769. The molecule has 0 bridgehead atoms. The molecule has 0 radical (unpaired) electrons. The molecule has 17 heavy (non-hydrogen) atoms. The van der Waals surface area contributed by atoms with E-state index in [1.807, 2.05) is 0 Å². The van der Waals surface area contributed by atoms with Crippen LogP contribution in [0, 0.1) is 0 Å². The van der Waals surface area contributed by atoms with Crippen molar-refractivity contribution in [3.63, 3.8) is 0 Å². The van der Waals surface area contributed by atoms with Crippen molar-refractivity contribution in [2.24, 2.45) is 7.05 Å². The lowest BCUT2D eigenvalue weighted by Gasteiger charge is -2.18. The van der Waals surface area contributed by atoms with Gasteiger partial charge in [0.1, 0.15) is 5.75 Å². The number of ether oxygens (including phenoxy) is 1. The normalized spacial score (nSPS) is 14.7. The second kappa shape index (κ2) is 4.10. The molecule has 0 aliphatic carbocycles. The van der Waals surface area contributed by atoms with Crippen LogP contribution in [-0.4, -0.2) is 11.2 Å². The van der Waals surface area contributed by atoms with E-state index < -0.39 is 0 Å². The van der Waals surface area contributed by atoms with Gasteiger partial charge in [-0.05, 0) is 37.0 Å². The van der Waals surface area contributed by atoms with Crippen LogP contribution in [0.25, 0.3) is 10.9 Å². The molecule has 1 aromatic carbocycles. The van der Waals surface area contributed by atoms with Gasteiger partial charge in [0.15, 0.2) is 0 Å². The predicted molar refractivity (Wildman–Crippen MR) is 70.7 cm³/mol. The molecule has 1 aliphatic rings. The van der Waals surface area contributed by atoms with Gasteiger partial charge in [-0.1, -0.05) is 13.3 Å². The number of hydrogen-bond donors (Lipinski definition) is 0. The average Bonchev–Trinajstić information content (AvgIpc) is 2.67. The first-order chi connectivity index (χ1) is 8.31. The molecular formula is C15H19NO. The zero-order valence-electron chi connectivity index (χ0n) is 10.6. The maximum absolute atomic E-state index is 5.76. The highest BCUT2D eigenvalue weighted by atomic mass is 16.5. The van der Waals surface area contributed by atoms with Crippen molar-refractivity contribution in [3.8, 4) is 5.75 Å².